The topological polar surface area (TPSA) is 32.7 Å². The Kier molecular flexibility index (Phi) is 4.54. The highest BCUT2D eigenvalue weighted by Crippen LogP contribution is 2.28. The van der Waals surface area contributed by atoms with Crippen molar-refractivity contribution in [2.24, 2.45) is 0 Å². The predicted octanol–water partition coefficient (Wildman–Crippen LogP) is 2.94. The predicted molar refractivity (Wildman–Crippen MR) is 76.3 cm³/mol. The van der Waals surface area contributed by atoms with Crippen molar-refractivity contribution in [3.63, 3.8) is 0 Å². The molecule has 0 amide bonds. The lowest BCUT2D eigenvalue weighted by atomic mass is 10.1. The summed E-state index contributed by atoms with van der Waals surface area (Å²) in [5.74, 6) is 0.797. The molecule has 0 aliphatic carbocycles. The summed E-state index contributed by atoms with van der Waals surface area (Å²) in [5, 5.41) is 10.5. The minimum atomic E-state index is -0.541. The highest BCUT2D eigenvalue weighted by atomic mass is 79.9. The molecule has 5 heteroatoms. The first-order valence-electron chi connectivity index (χ1n) is 5.99. The Bertz CT molecular complexity index is 425. The molecule has 0 radical (unpaired) electrons. The van der Waals surface area contributed by atoms with Gasteiger partial charge in [-0.25, -0.2) is 0 Å². The zero-order valence-electron chi connectivity index (χ0n) is 10.3. The third kappa shape index (κ3) is 3.85. The molecule has 18 heavy (non-hydrogen) atoms. The van der Waals surface area contributed by atoms with Gasteiger partial charge in [-0.15, -0.1) is 0 Å². The minimum absolute atomic E-state index is 0.541. The van der Waals surface area contributed by atoms with Crippen LogP contribution in [0.5, 0.6) is 5.75 Å². The summed E-state index contributed by atoms with van der Waals surface area (Å²) >= 11 is 9.28. The molecule has 1 aliphatic heterocycles. The van der Waals surface area contributed by atoms with Crippen molar-refractivity contribution in [3.05, 3.63) is 27.7 Å². The molecule has 3 nitrogen and oxygen atoms in total. The fourth-order valence-corrected chi connectivity index (χ4v) is 2.90. The molecule has 1 aliphatic rings. The molecule has 1 unspecified atom stereocenters. The number of nitrogens with zero attached hydrogens (tertiary/aromatic N) is 1. The second-order valence-electron chi connectivity index (χ2n) is 4.95. The lowest BCUT2D eigenvalue weighted by Crippen LogP contribution is -2.32. The molecular formula is C13H17BrClNO2. The van der Waals surface area contributed by atoms with Gasteiger partial charge >= 0.3 is 0 Å². The van der Waals surface area contributed by atoms with Gasteiger partial charge in [0.2, 0.25) is 0 Å². The summed E-state index contributed by atoms with van der Waals surface area (Å²) in [6, 6.07) is 5.48. The van der Waals surface area contributed by atoms with Gasteiger partial charge in [0.1, 0.15) is 12.4 Å². The van der Waals surface area contributed by atoms with Gasteiger partial charge < -0.3 is 9.84 Å². The van der Waals surface area contributed by atoms with E-state index in [-0.39, 0.29) is 0 Å². The van der Waals surface area contributed by atoms with Gasteiger partial charge in [0.25, 0.3) is 0 Å². The Hall–Kier alpha value is -0.290. The Labute approximate surface area is 121 Å². The maximum atomic E-state index is 9.85. The van der Waals surface area contributed by atoms with Crippen LogP contribution in [0, 0.1) is 0 Å². The van der Waals surface area contributed by atoms with E-state index in [1.165, 1.54) is 0 Å². The maximum Gasteiger partial charge on any atom is 0.133 e. The van der Waals surface area contributed by atoms with Crippen molar-refractivity contribution in [2.45, 2.75) is 18.9 Å². The summed E-state index contributed by atoms with van der Waals surface area (Å²) in [6.07, 6.45) is 0.831. The van der Waals surface area contributed by atoms with Gasteiger partial charge in [0.15, 0.2) is 0 Å². The van der Waals surface area contributed by atoms with Gasteiger partial charge in [-0.1, -0.05) is 11.6 Å². The Morgan fingerprint density at radius 1 is 1.56 bits per heavy atom. The van der Waals surface area contributed by atoms with Crippen molar-refractivity contribution in [1.29, 1.82) is 0 Å². The van der Waals surface area contributed by atoms with E-state index in [0.29, 0.717) is 11.6 Å². The smallest absolute Gasteiger partial charge is 0.133 e. The Morgan fingerprint density at radius 3 is 2.94 bits per heavy atom. The maximum absolute atomic E-state index is 9.85. The third-order valence-corrected chi connectivity index (χ3v) is 3.94. The van der Waals surface area contributed by atoms with E-state index < -0.39 is 5.60 Å². The molecule has 0 bridgehead atoms. The molecule has 1 N–H and O–H groups in total. The van der Waals surface area contributed by atoms with E-state index in [9.17, 15) is 5.11 Å². The van der Waals surface area contributed by atoms with E-state index in [1.807, 2.05) is 25.1 Å². The third-order valence-electron chi connectivity index (χ3n) is 3.09. The number of ether oxygens (including phenoxy) is 1. The van der Waals surface area contributed by atoms with Crippen molar-refractivity contribution >= 4 is 27.5 Å². The molecule has 1 fully saturated rings. The fourth-order valence-electron chi connectivity index (χ4n) is 2.11. The summed E-state index contributed by atoms with van der Waals surface area (Å²) < 4.78 is 6.56. The first kappa shape index (κ1) is 14.1. The minimum Gasteiger partial charge on any atom is -0.491 e. The second-order valence-corrected chi connectivity index (χ2v) is 6.24. The number of hydrogen-bond donors (Lipinski definition) is 1. The summed E-state index contributed by atoms with van der Waals surface area (Å²) in [7, 11) is 0. The van der Waals surface area contributed by atoms with Crippen LogP contribution in [-0.4, -0.2) is 41.8 Å². The van der Waals surface area contributed by atoms with Crippen LogP contribution in [0.15, 0.2) is 22.7 Å². The summed E-state index contributed by atoms with van der Waals surface area (Å²) in [4.78, 5) is 2.21. The van der Waals surface area contributed by atoms with Crippen LogP contribution in [0.2, 0.25) is 5.02 Å². The van der Waals surface area contributed by atoms with E-state index in [1.54, 1.807) is 0 Å². The monoisotopic (exact) mass is 333 g/mol. The first-order valence-corrected chi connectivity index (χ1v) is 7.16. The zero-order chi connectivity index (χ0) is 13.2. The molecule has 0 aromatic heterocycles. The quantitative estimate of drug-likeness (QED) is 0.919. The number of halogens is 2. The van der Waals surface area contributed by atoms with Gasteiger partial charge in [0, 0.05) is 24.7 Å². The van der Waals surface area contributed by atoms with Crippen LogP contribution in [0.25, 0.3) is 0 Å². The number of benzene rings is 1. The van der Waals surface area contributed by atoms with Gasteiger partial charge in [-0.2, -0.15) is 0 Å². The van der Waals surface area contributed by atoms with Crippen molar-refractivity contribution in [3.8, 4) is 5.75 Å². The van der Waals surface area contributed by atoms with E-state index >= 15 is 0 Å². The van der Waals surface area contributed by atoms with Crippen LogP contribution in [0.4, 0.5) is 0 Å². The number of β-amino-alcohol motifs (C(OH)–C–C–N with tert-alkyl or cyclic N) is 1. The number of hydrogen-bond acceptors (Lipinski definition) is 3. The van der Waals surface area contributed by atoms with Crippen LogP contribution in [0.1, 0.15) is 13.3 Å². The molecule has 1 aromatic carbocycles. The molecule has 1 aromatic rings. The van der Waals surface area contributed by atoms with Gasteiger partial charge in [-0.3, -0.25) is 4.90 Å². The highest BCUT2D eigenvalue weighted by molar-refractivity contribution is 9.10. The van der Waals surface area contributed by atoms with Gasteiger partial charge in [0.05, 0.1) is 10.1 Å². The van der Waals surface area contributed by atoms with E-state index in [0.717, 1.165) is 36.3 Å². The van der Waals surface area contributed by atoms with Gasteiger partial charge in [-0.05, 0) is 47.5 Å². The summed E-state index contributed by atoms with van der Waals surface area (Å²) in [6.45, 7) is 4.96. The van der Waals surface area contributed by atoms with Crippen LogP contribution < -0.4 is 4.74 Å². The fraction of sp³-hybridized carbons (Fsp3) is 0.538. The molecule has 1 saturated heterocycles. The normalized spacial score (nSPS) is 24.4. The molecule has 2 rings (SSSR count). The molecule has 100 valence electrons. The van der Waals surface area contributed by atoms with Crippen molar-refractivity contribution in [2.75, 3.05) is 26.2 Å². The molecule has 0 spiro atoms. The number of aliphatic hydroxyl groups is 1. The largest absolute Gasteiger partial charge is 0.491 e. The van der Waals surface area contributed by atoms with Crippen molar-refractivity contribution in [1.82, 2.24) is 4.90 Å². The standard InChI is InChI=1S/C13H17BrClNO2/c1-13(17)4-5-16(9-13)6-7-18-12-3-2-10(15)8-11(12)14/h2-3,8,17H,4-7,9H2,1H3. The van der Waals surface area contributed by atoms with Crippen LogP contribution >= 0.6 is 27.5 Å². The molecular weight excluding hydrogens is 318 g/mol. The SMILES string of the molecule is CC1(O)CCN(CCOc2ccc(Cl)cc2Br)C1. The first-order chi connectivity index (χ1) is 8.46. The average Bonchev–Trinajstić information content (AvgIpc) is 2.61. The van der Waals surface area contributed by atoms with Crippen LogP contribution in [0.3, 0.4) is 0 Å². The zero-order valence-corrected chi connectivity index (χ0v) is 12.7. The average molecular weight is 335 g/mol. The van der Waals surface area contributed by atoms with Crippen LogP contribution in [-0.2, 0) is 0 Å². The molecule has 0 saturated carbocycles. The molecule has 1 heterocycles. The lowest BCUT2D eigenvalue weighted by Gasteiger charge is -2.19. The second kappa shape index (κ2) is 5.78. The Balaban J connectivity index is 1.79. The molecule has 1 atom stereocenters. The van der Waals surface area contributed by atoms with E-state index in [2.05, 4.69) is 20.8 Å². The number of rotatable bonds is 4. The van der Waals surface area contributed by atoms with Crippen molar-refractivity contribution < 1.29 is 9.84 Å². The highest BCUT2D eigenvalue weighted by Gasteiger charge is 2.30. The lowest BCUT2D eigenvalue weighted by molar-refractivity contribution is 0.0670. The Morgan fingerprint density at radius 2 is 2.33 bits per heavy atom. The summed E-state index contributed by atoms with van der Waals surface area (Å²) in [5.41, 5.74) is -0.541. The van der Waals surface area contributed by atoms with E-state index in [4.69, 9.17) is 16.3 Å². The number of likely N-dealkylation sites (tertiary alicyclic amines) is 1.